The Labute approximate surface area is 155 Å². The van der Waals surface area contributed by atoms with Crippen molar-refractivity contribution in [2.45, 2.75) is 18.2 Å². The van der Waals surface area contributed by atoms with Gasteiger partial charge in [-0.3, -0.25) is 0 Å². The fourth-order valence-corrected chi connectivity index (χ4v) is 3.25. The Bertz CT molecular complexity index is 885. The lowest BCUT2D eigenvalue weighted by Crippen LogP contribution is -2.20. The van der Waals surface area contributed by atoms with Gasteiger partial charge in [0.15, 0.2) is 11.0 Å². The van der Waals surface area contributed by atoms with E-state index in [9.17, 15) is 9.50 Å². The lowest BCUT2D eigenvalue weighted by atomic mass is 10.2. The Morgan fingerprint density at radius 2 is 2.00 bits per heavy atom. The normalized spacial score (nSPS) is 12.2. The molecule has 2 aromatic carbocycles. The number of halogens is 1. The van der Waals surface area contributed by atoms with Crippen LogP contribution >= 0.6 is 11.8 Å². The van der Waals surface area contributed by atoms with Gasteiger partial charge in [-0.05, 0) is 36.8 Å². The maximum Gasteiger partial charge on any atom is 0.191 e. The fourth-order valence-electron chi connectivity index (χ4n) is 2.43. The molecule has 1 aromatic heterocycles. The molecule has 0 fully saturated rings. The van der Waals surface area contributed by atoms with E-state index in [1.165, 1.54) is 17.8 Å². The van der Waals surface area contributed by atoms with Gasteiger partial charge in [0.2, 0.25) is 0 Å². The minimum Gasteiger partial charge on any atom is -0.491 e. The highest BCUT2D eigenvalue weighted by Gasteiger charge is 2.16. The third-order valence-corrected chi connectivity index (χ3v) is 4.95. The molecule has 5 nitrogen and oxygen atoms in total. The fraction of sp³-hybridized carbons (Fsp3) is 0.263. The average molecular weight is 373 g/mol. The van der Waals surface area contributed by atoms with Crippen molar-refractivity contribution in [1.82, 2.24) is 14.8 Å². The summed E-state index contributed by atoms with van der Waals surface area (Å²) in [4.78, 5) is 0. The first-order valence-electron chi connectivity index (χ1n) is 8.19. The third kappa shape index (κ3) is 4.42. The van der Waals surface area contributed by atoms with Crippen molar-refractivity contribution in [1.29, 1.82) is 0 Å². The molecule has 0 aliphatic heterocycles. The summed E-state index contributed by atoms with van der Waals surface area (Å²) in [5, 5.41) is 18.9. The average Bonchev–Trinajstić information content (AvgIpc) is 2.99. The van der Waals surface area contributed by atoms with Crippen molar-refractivity contribution >= 4 is 11.8 Å². The molecule has 3 rings (SSSR count). The molecule has 7 heteroatoms. The molecule has 3 aromatic rings. The molecule has 136 valence electrons. The van der Waals surface area contributed by atoms with E-state index in [1.54, 1.807) is 29.8 Å². The molecule has 1 atom stereocenters. The Kier molecular flexibility index (Phi) is 5.90. The number of hydrogen-bond acceptors (Lipinski definition) is 5. The van der Waals surface area contributed by atoms with Gasteiger partial charge in [0, 0.05) is 12.8 Å². The van der Waals surface area contributed by atoms with E-state index in [1.807, 2.05) is 31.2 Å². The van der Waals surface area contributed by atoms with Gasteiger partial charge in [-0.15, -0.1) is 10.2 Å². The van der Waals surface area contributed by atoms with Gasteiger partial charge in [-0.2, -0.15) is 0 Å². The Morgan fingerprint density at radius 1 is 1.19 bits per heavy atom. The summed E-state index contributed by atoms with van der Waals surface area (Å²) < 4.78 is 21.2. The molecule has 0 spiro atoms. The second-order valence-electron chi connectivity index (χ2n) is 5.94. The number of rotatable bonds is 7. The predicted molar refractivity (Wildman–Crippen MR) is 99.8 cm³/mol. The van der Waals surface area contributed by atoms with Crippen LogP contribution in [0.2, 0.25) is 0 Å². The lowest BCUT2D eigenvalue weighted by molar-refractivity contribution is 0.126. The number of aliphatic hydroxyl groups excluding tert-OH is 1. The van der Waals surface area contributed by atoms with Crippen LogP contribution in [0, 0.1) is 12.7 Å². The van der Waals surface area contributed by atoms with Gasteiger partial charge in [0.05, 0.1) is 11.7 Å². The molecule has 0 saturated carbocycles. The van der Waals surface area contributed by atoms with Gasteiger partial charge in [-0.1, -0.05) is 36.0 Å². The zero-order chi connectivity index (χ0) is 18.5. The van der Waals surface area contributed by atoms with E-state index < -0.39 is 6.10 Å². The van der Waals surface area contributed by atoms with Crippen LogP contribution in [0.3, 0.4) is 0 Å². The predicted octanol–water partition coefficient (Wildman–Crippen LogP) is 3.46. The van der Waals surface area contributed by atoms with E-state index in [0.717, 1.165) is 11.3 Å². The third-order valence-electron chi connectivity index (χ3n) is 3.79. The summed E-state index contributed by atoms with van der Waals surface area (Å²) in [7, 11) is 1.78. The van der Waals surface area contributed by atoms with E-state index in [2.05, 4.69) is 10.2 Å². The first-order chi connectivity index (χ1) is 12.5. The summed E-state index contributed by atoms with van der Waals surface area (Å²) in [6.07, 6.45) is -0.658. The number of ether oxygens (including phenoxy) is 1. The molecular weight excluding hydrogens is 353 g/mol. The molecule has 0 aliphatic rings. The first-order valence-corrected chi connectivity index (χ1v) is 9.18. The van der Waals surface area contributed by atoms with Crippen molar-refractivity contribution in [3.8, 4) is 17.1 Å². The molecule has 26 heavy (non-hydrogen) atoms. The van der Waals surface area contributed by atoms with Crippen LogP contribution in [-0.4, -0.2) is 38.3 Å². The largest absolute Gasteiger partial charge is 0.491 e. The van der Waals surface area contributed by atoms with Gasteiger partial charge in [0.25, 0.3) is 0 Å². The quantitative estimate of drug-likeness (QED) is 0.643. The molecule has 0 unspecified atom stereocenters. The van der Waals surface area contributed by atoms with Gasteiger partial charge in [-0.25, -0.2) is 4.39 Å². The van der Waals surface area contributed by atoms with Crippen molar-refractivity contribution in [3.63, 3.8) is 0 Å². The molecular formula is C19H20FN3O2S. The van der Waals surface area contributed by atoms with Crippen LogP contribution < -0.4 is 4.74 Å². The summed E-state index contributed by atoms with van der Waals surface area (Å²) in [6, 6.07) is 14.1. The number of aliphatic hydroxyl groups is 1. The topological polar surface area (TPSA) is 60.2 Å². The van der Waals surface area contributed by atoms with E-state index in [4.69, 9.17) is 4.74 Å². The van der Waals surface area contributed by atoms with Crippen LogP contribution in [0.25, 0.3) is 11.4 Å². The van der Waals surface area contributed by atoms with Crippen LogP contribution in [-0.2, 0) is 7.05 Å². The summed E-state index contributed by atoms with van der Waals surface area (Å²) in [5.74, 6) is 1.24. The highest BCUT2D eigenvalue weighted by Crippen LogP contribution is 2.25. The summed E-state index contributed by atoms with van der Waals surface area (Å²) in [5.41, 5.74) is 1.50. The zero-order valence-corrected chi connectivity index (χ0v) is 15.4. The molecule has 0 bridgehead atoms. The summed E-state index contributed by atoms with van der Waals surface area (Å²) >= 11 is 1.35. The van der Waals surface area contributed by atoms with E-state index in [0.29, 0.717) is 22.3 Å². The van der Waals surface area contributed by atoms with E-state index >= 15 is 0 Å². The molecule has 0 aliphatic carbocycles. The number of hydrogen-bond donors (Lipinski definition) is 1. The summed E-state index contributed by atoms with van der Waals surface area (Å²) in [6.45, 7) is 2.18. The monoisotopic (exact) mass is 373 g/mol. The highest BCUT2D eigenvalue weighted by atomic mass is 32.2. The lowest BCUT2D eigenvalue weighted by Gasteiger charge is -2.12. The standard InChI is InChI=1S/C19H20FN3O2S/c1-13-6-5-7-15(10-13)25-11-14(24)12-26-19-22-21-18(23(19)2)16-8-3-4-9-17(16)20/h3-10,14,24H,11-12H2,1-2H3/t14-/m1/s1. The Morgan fingerprint density at radius 3 is 2.77 bits per heavy atom. The van der Waals surface area contributed by atoms with Crippen LogP contribution in [0.4, 0.5) is 4.39 Å². The van der Waals surface area contributed by atoms with Gasteiger partial charge >= 0.3 is 0 Å². The molecule has 1 heterocycles. The molecule has 0 saturated heterocycles. The van der Waals surface area contributed by atoms with Crippen LogP contribution in [0.5, 0.6) is 5.75 Å². The maximum absolute atomic E-state index is 13.9. The number of aryl methyl sites for hydroxylation is 1. The Balaban J connectivity index is 1.57. The highest BCUT2D eigenvalue weighted by molar-refractivity contribution is 7.99. The number of thioether (sulfide) groups is 1. The number of aromatic nitrogens is 3. The van der Waals surface area contributed by atoms with Crippen LogP contribution in [0.15, 0.2) is 53.7 Å². The number of nitrogens with zero attached hydrogens (tertiary/aromatic N) is 3. The minimum atomic E-state index is -0.658. The van der Waals surface area contributed by atoms with Crippen molar-refractivity contribution < 1.29 is 14.2 Å². The second-order valence-corrected chi connectivity index (χ2v) is 6.92. The van der Waals surface area contributed by atoms with Crippen molar-refractivity contribution in [2.24, 2.45) is 7.05 Å². The van der Waals surface area contributed by atoms with Crippen molar-refractivity contribution in [3.05, 3.63) is 59.9 Å². The second kappa shape index (κ2) is 8.33. The molecule has 0 radical (unpaired) electrons. The molecule has 0 amide bonds. The first kappa shape index (κ1) is 18.4. The maximum atomic E-state index is 13.9. The number of benzene rings is 2. The molecule has 1 N–H and O–H groups in total. The van der Waals surface area contributed by atoms with Crippen LogP contribution in [0.1, 0.15) is 5.56 Å². The van der Waals surface area contributed by atoms with Crippen molar-refractivity contribution in [2.75, 3.05) is 12.4 Å². The van der Waals surface area contributed by atoms with E-state index in [-0.39, 0.29) is 12.4 Å². The Hall–Kier alpha value is -2.38. The zero-order valence-electron chi connectivity index (χ0n) is 14.6. The SMILES string of the molecule is Cc1cccc(OC[C@@H](O)CSc2nnc(-c3ccccc3F)n2C)c1. The smallest absolute Gasteiger partial charge is 0.191 e. The minimum absolute atomic E-state index is 0.189. The van der Waals surface area contributed by atoms with Gasteiger partial charge < -0.3 is 14.4 Å². The van der Waals surface area contributed by atoms with Gasteiger partial charge in [0.1, 0.15) is 18.2 Å².